The third-order valence-corrected chi connectivity index (χ3v) is 4.65. The molecule has 3 rings (SSSR count). The zero-order valence-electron chi connectivity index (χ0n) is 11.0. The van der Waals surface area contributed by atoms with Crippen LogP contribution >= 0.6 is 0 Å². The van der Waals surface area contributed by atoms with Gasteiger partial charge in [0.25, 0.3) is 0 Å². The number of hydrogen-bond donors (Lipinski definition) is 0. The molecule has 1 aliphatic heterocycles. The van der Waals surface area contributed by atoms with E-state index in [9.17, 15) is 8.42 Å². The standard InChI is InChI=1S/C14H14N2O3S/c1-10-3-2-4-12(7-10)14-15-13(19-16-14)8-11-5-6-20(17,18)9-11/h2-7,11H,8-9H2,1H3. The Bertz CT molecular complexity index is 762. The molecule has 2 heterocycles. The van der Waals surface area contributed by atoms with Gasteiger partial charge in [-0.1, -0.05) is 35.0 Å². The minimum absolute atomic E-state index is 0.0780. The Morgan fingerprint density at radius 1 is 1.40 bits per heavy atom. The van der Waals surface area contributed by atoms with Gasteiger partial charge in [0, 0.05) is 23.3 Å². The first-order valence-corrected chi connectivity index (χ1v) is 8.04. The maximum absolute atomic E-state index is 11.3. The van der Waals surface area contributed by atoms with Gasteiger partial charge in [0.1, 0.15) is 0 Å². The van der Waals surface area contributed by atoms with Crippen molar-refractivity contribution in [2.24, 2.45) is 5.92 Å². The van der Waals surface area contributed by atoms with Crippen LogP contribution in [0.15, 0.2) is 40.3 Å². The highest BCUT2D eigenvalue weighted by molar-refractivity contribution is 7.94. The van der Waals surface area contributed by atoms with Gasteiger partial charge in [-0.25, -0.2) is 8.42 Å². The smallest absolute Gasteiger partial charge is 0.227 e. The molecule has 0 spiro atoms. The molecular formula is C14H14N2O3S. The largest absolute Gasteiger partial charge is 0.339 e. The molecule has 104 valence electrons. The summed E-state index contributed by atoms with van der Waals surface area (Å²) in [5, 5.41) is 5.21. The Kier molecular flexibility index (Phi) is 3.17. The SMILES string of the molecule is Cc1cccc(-c2noc(CC3C=CS(=O)(=O)C3)n2)c1. The summed E-state index contributed by atoms with van der Waals surface area (Å²) in [6, 6.07) is 7.84. The van der Waals surface area contributed by atoms with E-state index in [1.807, 2.05) is 31.2 Å². The average molecular weight is 290 g/mol. The summed E-state index contributed by atoms with van der Waals surface area (Å²) < 4.78 is 27.9. The van der Waals surface area contributed by atoms with Gasteiger partial charge in [0.2, 0.25) is 11.7 Å². The van der Waals surface area contributed by atoms with Crippen molar-refractivity contribution in [1.82, 2.24) is 10.1 Å². The molecule has 1 atom stereocenters. The lowest BCUT2D eigenvalue weighted by molar-refractivity contribution is 0.369. The molecule has 2 aromatic rings. The molecule has 0 saturated carbocycles. The van der Waals surface area contributed by atoms with Crippen molar-refractivity contribution in [3.63, 3.8) is 0 Å². The average Bonchev–Trinajstić information content (AvgIpc) is 2.97. The first kappa shape index (κ1) is 13.1. The van der Waals surface area contributed by atoms with E-state index in [2.05, 4.69) is 10.1 Å². The number of benzene rings is 1. The number of sulfone groups is 1. The van der Waals surface area contributed by atoms with Crippen molar-refractivity contribution < 1.29 is 12.9 Å². The van der Waals surface area contributed by atoms with Crippen LogP contribution in [-0.2, 0) is 16.3 Å². The number of rotatable bonds is 3. The van der Waals surface area contributed by atoms with Gasteiger partial charge >= 0.3 is 0 Å². The topological polar surface area (TPSA) is 73.1 Å². The van der Waals surface area contributed by atoms with Crippen LogP contribution in [0.2, 0.25) is 0 Å². The third-order valence-electron chi connectivity index (χ3n) is 3.19. The van der Waals surface area contributed by atoms with Gasteiger partial charge in [0.05, 0.1) is 5.75 Å². The highest BCUT2D eigenvalue weighted by Gasteiger charge is 2.24. The minimum atomic E-state index is -3.04. The molecule has 0 saturated heterocycles. The highest BCUT2D eigenvalue weighted by atomic mass is 32.2. The van der Waals surface area contributed by atoms with Crippen LogP contribution < -0.4 is 0 Å². The summed E-state index contributed by atoms with van der Waals surface area (Å²) >= 11 is 0. The Labute approximate surface area is 117 Å². The second-order valence-electron chi connectivity index (χ2n) is 5.00. The van der Waals surface area contributed by atoms with Gasteiger partial charge < -0.3 is 4.52 Å². The Morgan fingerprint density at radius 2 is 2.25 bits per heavy atom. The predicted molar refractivity (Wildman–Crippen MR) is 74.6 cm³/mol. The van der Waals surface area contributed by atoms with Gasteiger partial charge in [-0.15, -0.1) is 0 Å². The van der Waals surface area contributed by atoms with Crippen LogP contribution in [0.1, 0.15) is 11.5 Å². The summed E-state index contributed by atoms with van der Waals surface area (Å²) in [7, 11) is -3.04. The fourth-order valence-electron chi connectivity index (χ4n) is 2.23. The monoisotopic (exact) mass is 290 g/mol. The fraction of sp³-hybridized carbons (Fsp3) is 0.286. The Balaban J connectivity index is 1.76. The summed E-state index contributed by atoms with van der Waals surface area (Å²) in [5.74, 6) is 1.04. The van der Waals surface area contributed by atoms with Crippen molar-refractivity contribution in [2.75, 3.05) is 5.75 Å². The molecule has 1 aliphatic rings. The summed E-state index contributed by atoms with van der Waals surface area (Å²) in [4.78, 5) is 4.33. The number of aryl methyl sites for hydroxylation is 1. The molecule has 1 unspecified atom stereocenters. The van der Waals surface area contributed by atoms with Crippen LogP contribution in [0.4, 0.5) is 0 Å². The van der Waals surface area contributed by atoms with Crippen molar-refractivity contribution in [1.29, 1.82) is 0 Å². The van der Waals surface area contributed by atoms with E-state index in [-0.39, 0.29) is 11.7 Å². The van der Waals surface area contributed by atoms with Crippen molar-refractivity contribution in [2.45, 2.75) is 13.3 Å². The van der Waals surface area contributed by atoms with Gasteiger partial charge in [-0.2, -0.15) is 4.98 Å². The molecule has 0 amide bonds. The fourth-order valence-corrected chi connectivity index (χ4v) is 3.63. The zero-order valence-corrected chi connectivity index (χ0v) is 11.8. The quantitative estimate of drug-likeness (QED) is 0.866. The molecule has 1 aromatic heterocycles. The first-order valence-electron chi connectivity index (χ1n) is 6.32. The molecule has 6 heteroatoms. The second kappa shape index (κ2) is 4.86. The highest BCUT2D eigenvalue weighted by Crippen LogP contribution is 2.21. The molecule has 0 radical (unpaired) electrons. The first-order chi connectivity index (χ1) is 9.52. The minimum Gasteiger partial charge on any atom is -0.339 e. The van der Waals surface area contributed by atoms with E-state index in [4.69, 9.17) is 4.52 Å². The van der Waals surface area contributed by atoms with Gasteiger partial charge in [0.15, 0.2) is 9.84 Å². The number of allylic oxidation sites excluding steroid dienone is 1. The maximum atomic E-state index is 11.3. The molecule has 0 N–H and O–H groups in total. The summed E-state index contributed by atoms with van der Waals surface area (Å²) in [5.41, 5.74) is 2.02. The number of aromatic nitrogens is 2. The molecule has 0 fully saturated rings. The molecule has 1 aromatic carbocycles. The van der Waals surface area contributed by atoms with Crippen molar-refractivity contribution in [3.05, 3.63) is 47.2 Å². The lowest BCUT2D eigenvalue weighted by atomic mass is 10.1. The second-order valence-corrected chi connectivity index (χ2v) is 6.93. The Hall–Kier alpha value is -1.95. The van der Waals surface area contributed by atoms with Crippen molar-refractivity contribution >= 4 is 9.84 Å². The predicted octanol–water partition coefficient (Wildman–Crippen LogP) is 2.15. The molecule has 0 aliphatic carbocycles. The van der Waals surface area contributed by atoms with E-state index in [1.165, 1.54) is 5.41 Å². The van der Waals surface area contributed by atoms with Gasteiger partial charge in [-0.05, 0) is 13.0 Å². The van der Waals surface area contributed by atoms with E-state index in [0.717, 1.165) is 11.1 Å². The molecule has 20 heavy (non-hydrogen) atoms. The normalized spacial score (nSPS) is 20.4. The summed E-state index contributed by atoms with van der Waals surface area (Å²) in [6.45, 7) is 2.00. The van der Waals surface area contributed by atoms with E-state index in [0.29, 0.717) is 18.1 Å². The van der Waals surface area contributed by atoms with E-state index < -0.39 is 9.84 Å². The number of hydrogen-bond acceptors (Lipinski definition) is 5. The van der Waals surface area contributed by atoms with Crippen LogP contribution in [-0.4, -0.2) is 24.3 Å². The molecule has 0 bridgehead atoms. The molecular weight excluding hydrogens is 276 g/mol. The lowest BCUT2D eigenvalue weighted by Crippen LogP contribution is -2.08. The maximum Gasteiger partial charge on any atom is 0.227 e. The van der Waals surface area contributed by atoms with E-state index in [1.54, 1.807) is 6.08 Å². The Morgan fingerprint density at radius 3 is 2.95 bits per heavy atom. The van der Waals surface area contributed by atoms with Crippen LogP contribution in [0.5, 0.6) is 0 Å². The van der Waals surface area contributed by atoms with E-state index >= 15 is 0 Å². The van der Waals surface area contributed by atoms with Gasteiger partial charge in [-0.3, -0.25) is 0 Å². The van der Waals surface area contributed by atoms with Crippen molar-refractivity contribution in [3.8, 4) is 11.4 Å². The van der Waals surface area contributed by atoms with Crippen LogP contribution in [0, 0.1) is 12.8 Å². The third kappa shape index (κ3) is 2.80. The zero-order chi connectivity index (χ0) is 14.2. The molecule has 5 nitrogen and oxygen atoms in total. The number of nitrogens with zero attached hydrogens (tertiary/aromatic N) is 2. The summed E-state index contributed by atoms with van der Waals surface area (Å²) in [6.07, 6.45) is 2.14. The van der Waals surface area contributed by atoms with Crippen LogP contribution in [0.3, 0.4) is 0 Å². The lowest BCUT2D eigenvalue weighted by Gasteiger charge is -2.00. The van der Waals surface area contributed by atoms with Crippen LogP contribution in [0.25, 0.3) is 11.4 Å².